The number of pyridine rings is 1. The fourth-order valence-corrected chi connectivity index (χ4v) is 2.73. The molecule has 31 heavy (non-hydrogen) atoms. The molecule has 0 aliphatic rings. The van der Waals surface area contributed by atoms with Crippen LogP contribution < -0.4 is 4.74 Å². The van der Waals surface area contributed by atoms with Gasteiger partial charge in [0.25, 0.3) is 0 Å². The summed E-state index contributed by atoms with van der Waals surface area (Å²) >= 11 is 0. The summed E-state index contributed by atoms with van der Waals surface area (Å²) in [7, 11) is 0. The Hall–Kier alpha value is -3.54. The number of imidazole rings is 1. The molecule has 0 bridgehead atoms. The Kier molecular flexibility index (Phi) is 5.93. The van der Waals surface area contributed by atoms with Crippen molar-refractivity contribution in [2.45, 2.75) is 26.3 Å². The Labute approximate surface area is 170 Å². The van der Waals surface area contributed by atoms with Crippen LogP contribution in [0.5, 0.6) is 5.75 Å². The third-order valence-corrected chi connectivity index (χ3v) is 4.14. The maximum atomic E-state index is 13.8. The molecule has 0 saturated carbocycles. The van der Waals surface area contributed by atoms with Crippen molar-refractivity contribution in [3.8, 4) is 5.75 Å². The molecule has 3 aromatic rings. The van der Waals surface area contributed by atoms with Crippen molar-refractivity contribution in [3.63, 3.8) is 0 Å². The molecule has 0 unspecified atom stereocenters. The van der Waals surface area contributed by atoms with E-state index in [9.17, 15) is 36.6 Å². The lowest BCUT2D eigenvalue weighted by atomic mass is 10.2. The number of aryl methyl sites for hydroxylation is 1. The largest absolute Gasteiger partial charge is 0.491 e. The summed E-state index contributed by atoms with van der Waals surface area (Å²) in [5.41, 5.74) is -1.02. The van der Waals surface area contributed by atoms with Gasteiger partial charge in [0, 0.05) is 6.20 Å². The van der Waals surface area contributed by atoms with Crippen LogP contribution in [0.2, 0.25) is 0 Å². The van der Waals surface area contributed by atoms with Crippen LogP contribution in [0.15, 0.2) is 30.5 Å². The first-order valence-electron chi connectivity index (χ1n) is 8.54. The molecule has 1 aromatic carbocycles. The monoisotopic (exact) mass is 444 g/mol. The number of hydrogen-bond donors (Lipinski definition) is 1. The average molecular weight is 444 g/mol. The fourth-order valence-electron chi connectivity index (χ4n) is 2.73. The summed E-state index contributed by atoms with van der Waals surface area (Å²) in [6, 6.07) is 4.48. The SMILES string of the molecule is Cc1nc2c(OCc3c(F)cccc3F)cc(CO)cn2c1C(=O)OC(=O)C(F)(F)F. The number of esters is 2. The number of rotatable bonds is 5. The first-order valence-corrected chi connectivity index (χ1v) is 8.54. The van der Waals surface area contributed by atoms with Crippen molar-refractivity contribution in [2.24, 2.45) is 0 Å². The zero-order valence-electron chi connectivity index (χ0n) is 15.7. The third kappa shape index (κ3) is 4.48. The van der Waals surface area contributed by atoms with Crippen LogP contribution in [0, 0.1) is 18.6 Å². The van der Waals surface area contributed by atoms with Crippen molar-refractivity contribution in [3.05, 3.63) is 64.6 Å². The lowest BCUT2D eigenvalue weighted by Crippen LogP contribution is -2.28. The van der Waals surface area contributed by atoms with Gasteiger partial charge in [-0.15, -0.1) is 0 Å². The summed E-state index contributed by atoms with van der Waals surface area (Å²) < 4.78 is 75.1. The third-order valence-electron chi connectivity index (χ3n) is 4.14. The minimum atomic E-state index is -5.39. The Bertz CT molecular complexity index is 1150. The van der Waals surface area contributed by atoms with E-state index in [1.54, 1.807) is 0 Å². The van der Waals surface area contributed by atoms with E-state index < -0.39 is 54.2 Å². The summed E-state index contributed by atoms with van der Waals surface area (Å²) in [6.45, 7) is 0.107. The van der Waals surface area contributed by atoms with Crippen molar-refractivity contribution in [1.29, 1.82) is 0 Å². The molecule has 7 nitrogen and oxygen atoms in total. The number of hydrogen-bond acceptors (Lipinski definition) is 6. The average Bonchev–Trinajstić information content (AvgIpc) is 3.02. The molecule has 0 aliphatic heterocycles. The number of nitrogens with zero attached hydrogens (tertiary/aromatic N) is 2. The van der Waals surface area contributed by atoms with Crippen molar-refractivity contribution in [2.75, 3.05) is 0 Å². The lowest BCUT2D eigenvalue weighted by molar-refractivity contribution is -0.193. The molecule has 0 aliphatic carbocycles. The number of aromatic nitrogens is 2. The fraction of sp³-hybridized carbons (Fsp3) is 0.211. The predicted octanol–water partition coefficient (Wildman–Crippen LogP) is 3.24. The van der Waals surface area contributed by atoms with E-state index in [-0.39, 0.29) is 22.7 Å². The highest BCUT2D eigenvalue weighted by atomic mass is 19.4. The van der Waals surface area contributed by atoms with Gasteiger partial charge in [-0.2, -0.15) is 13.2 Å². The Morgan fingerprint density at radius 3 is 2.42 bits per heavy atom. The summed E-state index contributed by atoms with van der Waals surface area (Å²) in [6.07, 6.45) is -4.22. The number of benzene rings is 1. The highest BCUT2D eigenvalue weighted by Crippen LogP contribution is 2.27. The van der Waals surface area contributed by atoms with Gasteiger partial charge in [0.15, 0.2) is 17.1 Å². The normalized spacial score (nSPS) is 11.6. The minimum Gasteiger partial charge on any atom is -0.485 e. The highest BCUT2D eigenvalue weighted by molar-refractivity contribution is 5.98. The first-order chi connectivity index (χ1) is 14.5. The van der Waals surface area contributed by atoms with Gasteiger partial charge in [-0.25, -0.2) is 23.4 Å². The van der Waals surface area contributed by atoms with E-state index in [4.69, 9.17) is 4.74 Å². The maximum absolute atomic E-state index is 13.8. The highest BCUT2D eigenvalue weighted by Gasteiger charge is 2.43. The van der Waals surface area contributed by atoms with E-state index in [1.807, 2.05) is 0 Å². The quantitative estimate of drug-likeness (QED) is 0.369. The molecule has 1 N–H and O–H groups in total. The number of carbonyl (C=O) groups is 2. The number of halogens is 5. The number of ether oxygens (including phenoxy) is 2. The molecule has 0 amide bonds. The number of aliphatic hydroxyl groups excluding tert-OH is 1. The van der Waals surface area contributed by atoms with E-state index >= 15 is 0 Å². The molecule has 164 valence electrons. The van der Waals surface area contributed by atoms with Crippen LogP contribution in [0.3, 0.4) is 0 Å². The summed E-state index contributed by atoms with van der Waals surface area (Å²) in [5.74, 6) is -6.21. The van der Waals surface area contributed by atoms with E-state index in [0.717, 1.165) is 22.6 Å². The molecular weight excluding hydrogens is 431 g/mol. The zero-order chi connectivity index (χ0) is 22.9. The van der Waals surface area contributed by atoms with Gasteiger partial charge in [-0.3, -0.25) is 4.40 Å². The molecule has 0 fully saturated rings. The number of alkyl halides is 3. The Balaban J connectivity index is 2.01. The molecule has 0 radical (unpaired) electrons. The van der Waals surface area contributed by atoms with Crippen molar-refractivity contribution in [1.82, 2.24) is 9.38 Å². The molecule has 0 saturated heterocycles. The zero-order valence-corrected chi connectivity index (χ0v) is 15.7. The van der Waals surface area contributed by atoms with Crippen LogP contribution in [0.4, 0.5) is 22.0 Å². The summed E-state index contributed by atoms with van der Waals surface area (Å²) in [5, 5.41) is 9.46. The number of carbonyl (C=O) groups excluding carboxylic acids is 2. The van der Waals surface area contributed by atoms with Crippen LogP contribution in [-0.4, -0.2) is 32.6 Å². The predicted molar refractivity (Wildman–Crippen MR) is 93.0 cm³/mol. The van der Waals surface area contributed by atoms with Crippen molar-refractivity contribution >= 4 is 17.6 Å². The van der Waals surface area contributed by atoms with E-state index in [0.29, 0.717) is 0 Å². The second-order valence-electron chi connectivity index (χ2n) is 6.27. The van der Waals surface area contributed by atoms with Gasteiger partial charge < -0.3 is 14.6 Å². The van der Waals surface area contributed by atoms with Gasteiger partial charge in [-0.1, -0.05) is 6.07 Å². The molecule has 0 atom stereocenters. The Morgan fingerprint density at radius 2 is 1.84 bits per heavy atom. The number of aliphatic hydroxyl groups is 1. The van der Waals surface area contributed by atoms with Gasteiger partial charge in [0.2, 0.25) is 0 Å². The van der Waals surface area contributed by atoms with Gasteiger partial charge >= 0.3 is 18.1 Å². The first kappa shape index (κ1) is 22.2. The van der Waals surface area contributed by atoms with E-state index in [2.05, 4.69) is 9.72 Å². The minimum absolute atomic E-state index is 0.113. The van der Waals surface area contributed by atoms with Crippen molar-refractivity contribution < 1.29 is 46.1 Å². The Morgan fingerprint density at radius 1 is 1.19 bits per heavy atom. The van der Waals surface area contributed by atoms with E-state index in [1.165, 1.54) is 19.2 Å². The van der Waals surface area contributed by atoms with Crippen LogP contribution in [0.25, 0.3) is 5.65 Å². The summed E-state index contributed by atoms with van der Waals surface area (Å²) in [4.78, 5) is 27.2. The molecule has 2 aromatic heterocycles. The van der Waals surface area contributed by atoms with Gasteiger partial charge in [0.05, 0.1) is 17.9 Å². The number of fused-ring (bicyclic) bond motifs is 1. The molecule has 12 heteroatoms. The van der Waals surface area contributed by atoms with Crippen LogP contribution in [-0.2, 0) is 22.7 Å². The standard InChI is InChI=1S/C19H13F5N2O5/c1-9-15(17(28)31-18(29)19(22,23)24)26-6-10(7-27)5-14(16(26)25-9)30-8-11-12(20)3-2-4-13(11)21/h2-6,27H,7-8H2,1H3. The van der Waals surface area contributed by atoms with Crippen LogP contribution >= 0.6 is 0 Å². The maximum Gasteiger partial charge on any atom is 0.491 e. The smallest absolute Gasteiger partial charge is 0.485 e. The van der Waals surface area contributed by atoms with Gasteiger partial charge in [0.1, 0.15) is 18.2 Å². The molecular formula is C19H13F5N2O5. The second kappa shape index (κ2) is 8.30. The molecule has 3 rings (SSSR count). The van der Waals surface area contributed by atoms with Gasteiger partial charge in [-0.05, 0) is 30.7 Å². The molecule has 0 spiro atoms. The van der Waals surface area contributed by atoms with Crippen LogP contribution in [0.1, 0.15) is 27.3 Å². The topological polar surface area (TPSA) is 90.1 Å². The second-order valence-corrected chi connectivity index (χ2v) is 6.27. The molecule has 2 heterocycles. The lowest BCUT2D eigenvalue weighted by Gasteiger charge is -2.11.